The fourth-order valence-electron chi connectivity index (χ4n) is 2.16. The minimum Gasteiger partial charge on any atom is -0.490 e. The number of hydrogen-bond acceptors (Lipinski definition) is 4. The number of nitrogens with zero attached hydrogens (tertiary/aromatic N) is 1. The van der Waals surface area contributed by atoms with Crippen molar-refractivity contribution in [2.45, 2.75) is 33.8 Å². The van der Waals surface area contributed by atoms with Gasteiger partial charge in [-0.1, -0.05) is 12.1 Å². The monoisotopic (exact) mass is 273 g/mol. The number of benzene rings is 1. The van der Waals surface area contributed by atoms with Crippen LogP contribution in [-0.4, -0.2) is 24.2 Å². The summed E-state index contributed by atoms with van der Waals surface area (Å²) < 4.78 is 10.6. The SMILES string of the molecule is COC(=O)c1cc(OC(C)C)c2c(C)ccc(C)c2n1. The van der Waals surface area contributed by atoms with Crippen LogP contribution in [0.4, 0.5) is 0 Å². The second kappa shape index (κ2) is 5.49. The van der Waals surface area contributed by atoms with E-state index in [2.05, 4.69) is 4.98 Å². The van der Waals surface area contributed by atoms with Crippen LogP contribution >= 0.6 is 0 Å². The first-order chi connectivity index (χ1) is 9.43. The van der Waals surface area contributed by atoms with Crippen molar-refractivity contribution in [2.24, 2.45) is 0 Å². The molecule has 0 saturated carbocycles. The molecule has 0 atom stereocenters. The molecule has 0 N–H and O–H groups in total. The second-order valence-electron chi connectivity index (χ2n) is 5.09. The van der Waals surface area contributed by atoms with Crippen LogP contribution in [0.25, 0.3) is 10.9 Å². The van der Waals surface area contributed by atoms with Crippen molar-refractivity contribution in [1.29, 1.82) is 0 Å². The predicted octanol–water partition coefficient (Wildman–Crippen LogP) is 3.43. The summed E-state index contributed by atoms with van der Waals surface area (Å²) in [5.74, 6) is 0.216. The molecule has 4 heteroatoms. The Kier molecular flexibility index (Phi) is 3.93. The maximum atomic E-state index is 11.8. The molecule has 0 radical (unpaired) electrons. The van der Waals surface area contributed by atoms with E-state index in [1.807, 2.05) is 39.8 Å². The number of carbonyl (C=O) groups is 1. The summed E-state index contributed by atoms with van der Waals surface area (Å²) in [5, 5.41) is 0.950. The highest BCUT2D eigenvalue weighted by atomic mass is 16.5. The molecule has 0 bridgehead atoms. The molecular weight excluding hydrogens is 254 g/mol. The van der Waals surface area contributed by atoms with Gasteiger partial charge < -0.3 is 9.47 Å². The smallest absolute Gasteiger partial charge is 0.356 e. The lowest BCUT2D eigenvalue weighted by molar-refractivity contribution is 0.0593. The molecule has 0 fully saturated rings. The summed E-state index contributed by atoms with van der Waals surface area (Å²) in [4.78, 5) is 16.2. The lowest BCUT2D eigenvalue weighted by Crippen LogP contribution is -2.10. The number of ether oxygens (including phenoxy) is 2. The molecule has 0 aliphatic rings. The molecular formula is C16H19NO3. The molecule has 2 aromatic rings. The lowest BCUT2D eigenvalue weighted by atomic mass is 10.0. The third-order valence-electron chi connectivity index (χ3n) is 3.09. The van der Waals surface area contributed by atoms with Gasteiger partial charge in [0, 0.05) is 11.5 Å². The second-order valence-corrected chi connectivity index (χ2v) is 5.09. The molecule has 2 rings (SSSR count). The zero-order valence-corrected chi connectivity index (χ0v) is 12.5. The highest BCUT2D eigenvalue weighted by Gasteiger charge is 2.16. The standard InChI is InChI=1S/C16H19NO3/c1-9(2)20-13-8-12(16(18)19-5)17-15-11(4)7-6-10(3)14(13)15/h6-9H,1-5H3. The largest absolute Gasteiger partial charge is 0.490 e. The van der Waals surface area contributed by atoms with Gasteiger partial charge in [0.1, 0.15) is 5.75 Å². The van der Waals surface area contributed by atoms with Gasteiger partial charge in [-0.25, -0.2) is 9.78 Å². The van der Waals surface area contributed by atoms with E-state index >= 15 is 0 Å². The van der Waals surface area contributed by atoms with Crippen molar-refractivity contribution in [3.63, 3.8) is 0 Å². The van der Waals surface area contributed by atoms with Crippen molar-refractivity contribution in [3.8, 4) is 5.75 Å². The number of methoxy groups -OCH3 is 1. The third kappa shape index (κ3) is 2.59. The summed E-state index contributed by atoms with van der Waals surface area (Å²) in [7, 11) is 1.35. The first-order valence-electron chi connectivity index (χ1n) is 6.60. The third-order valence-corrected chi connectivity index (χ3v) is 3.09. The summed E-state index contributed by atoms with van der Waals surface area (Å²) in [5.41, 5.74) is 3.13. The van der Waals surface area contributed by atoms with Crippen LogP contribution in [-0.2, 0) is 4.74 Å². The van der Waals surface area contributed by atoms with Crippen molar-refractivity contribution in [1.82, 2.24) is 4.98 Å². The zero-order chi connectivity index (χ0) is 14.9. The molecule has 0 saturated heterocycles. The van der Waals surface area contributed by atoms with E-state index in [1.54, 1.807) is 6.07 Å². The molecule has 0 aliphatic carbocycles. The molecule has 0 spiro atoms. The molecule has 106 valence electrons. The van der Waals surface area contributed by atoms with E-state index < -0.39 is 5.97 Å². The molecule has 1 heterocycles. The Morgan fingerprint density at radius 2 is 1.85 bits per heavy atom. The number of rotatable bonds is 3. The van der Waals surface area contributed by atoms with E-state index in [1.165, 1.54) is 7.11 Å². The average Bonchev–Trinajstić information content (AvgIpc) is 2.41. The highest BCUT2D eigenvalue weighted by Crippen LogP contribution is 2.31. The number of aryl methyl sites for hydroxylation is 2. The van der Waals surface area contributed by atoms with E-state index in [4.69, 9.17) is 9.47 Å². The maximum Gasteiger partial charge on any atom is 0.356 e. The molecule has 0 amide bonds. The molecule has 1 aromatic carbocycles. The minimum atomic E-state index is -0.457. The number of hydrogen-bond donors (Lipinski definition) is 0. The Bertz CT molecular complexity index is 662. The first-order valence-corrected chi connectivity index (χ1v) is 6.60. The van der Waals surface area contributed by atoms with Crippen LogP contribution in [0.2, 0.25) is 0 Å². The highest BCUT2D eigenvalue weighted by molar-refractivity contribution is 5.96. The Morgan fingerprint density at radius 1 is 1.20 bits per heavy atom. The molecule has 0 unspecified atom stereocenters. The number of pyridine rings is 1. The Balaban J connectivity index is 2.77. The minimum absolute atomic E-state index is 0.0195. The van der Waals surface area contributed by atoms with E-state index in [9.17, 15) is 4.79 Å². The van der Waals surface area contributed by atoms with Crippen molar-refractivity contribution >= 4 is 16.9 Å². The number of fused-ring (bicyclic) bond motifs is 1. The Hall–Kier alpha value is -2.10. The maximum absolute atomic E-state index is 11.8. The van der Waals surface area contributed by atoms with Crippen LogP contribution in [0.3, 0.4) is 0 Å². The van der Waals surface area contributed by atoms with Crippen molar-refractivity contribution in [3.05, 3.63) is 35.0 Å². The topological polar surface area (TPSA) is 48.4 Å². The average molecular weight is 273 g/mol. The lowest BCUT2D eigenvalue weighted by Gasteiger charge is -2.15. The van der Waals surface area contributed by atoms with Gasteiger partial charge >= 0.3 is 5.97 Å². The molecule has 0 aliphatic heterocycles. The summed E-state index contributed by atoms with van der Waals surface area (Å²) >= 11 is 0. The van der Waals surface area contributed by atoms with Gasteiger partial charge in [-0.05, 0) is 38.8 Å². The normalized spacial score (nSPS) is 10.9. The summed E-state index contributed by atoms with van der Waals surface area (Å²) in [6.45, 7) is 7.88. The van der Waals surface area contributed by atoms with Gasteiger partial charge in [-0.3, -0.25) is 0 Å². The molecule has 20 heavy (non-hydrogen) atoms. The van der Waals surface area contributed by atoms with Crippen LogP contribution in [0.1, 0.15) is 35.5 Å². The van der Waals surface area contributed by atoms with Crippen LogP contribution in [0.5, 0.6) is 5.75 Å². The summed E-state index contributed by atoms with van der Waals surface area (Å²) in [6.07, 6.45) is 0.0195. The van der Waals surface area contributed by atoms with E-state index in [-0.39, 0.29) is 11.8 Å². The fraction of sp³-hybridized carbons (Fsp3) is 0.375. The van der Waals surface area contributed by atoms with Crippen molar-refractivity contribution in [2.75, 3.05) is 7.11 Å². The molecule has 4 nitrogen and oxygen atoms in total. The van der Waals surface area contributed by atoms with Gasteiger partial charge in [-0.2, -0.15) is 0 Å². The van der Waals surface area contributed by atoms with Crippen LogP contribution < -0.4 is 4.74 Å². The number of esters is 1. The van der Waals surface area contributed by atoms with Gasteiger partial charge in [0.2, 0.25) is 0 Å². The Morgan fingerprint density at radius 3 is 2.45 bits per heavy atom. The van der Waals surface area contributed by atoms with Gasteiger partial charge in [0.25, 0.3) is 0 Å². The van der Waals surface area contributed by atoms with E-state index in [0.717, 1.165) is 22.0 Å². The summed E-state index contributed by atoms with van der Waals surface area (Å²) in [6, 6.07) is 5.68. The fourth-order valence-corrected chi connectivity index (χ4v) is 2.16. The Labute approximate surface area is 118 Å². The van der Waals surface area contributed by atoms with Crippen LogP contribution in [0.15, 0.2) is 18.2 Å². The van der Waals surface area contributed by atoms with Crippen LogP contribution in [0, 0.1) is 13.8 Å². The zero-order valence-electron chi connectivity index (χ0n) is 12.5. The quantitative estimate of drug-likeness (QED) is 0.804. The van der Waals surface area contributed by atoms with Crippen molar-refractivity contribution < 1.29 is 14.3 Å². The van der Waals surface area contributed by atoms with E-state index in [0.29, 0.717) is 5.75 Å². The van der Waals surface area contributed by atoms with Gasteiger partial charge in [-0.15, -0.1) is 0 Å². The number of carbonyl (C=O) groups excluding carboxylic acids is 1. The van der Waals surface area contributed by atoms with Gasteiger partial charge in [0.15, 0.2) is 5.69 Å². The first kappa shape index (κ1) is 14.3. The predicted molar refractivity (Wildman–Crippen MR) is 78.3 cm³/mol. The van der Waals surface area contributed by atoms with Gasteiger partial charge in [0.05, 0.1) is 18.7 Å². The molecule has 1 aromatic heterocycles. The number of aromatic nitrogens is 1.